The Morgan fingerprint density at radius 2 is 2.04 bits per heavy atom. The van der Waals surface area contributed by atoms with Gasteiger partial charge >= 0.3 is 0 Å². The summed E-state index contributed by atoms with van der Waals surface area (Å²) in [6.45, 7) is 0.533. The number of hydrazine groups is 1. The predicted molar refractivity (Wildman–Crippen MR) is 91.1 cm³/mol. The highest BCUT2D eigenvalue weighted by Gasteiger charge is 2.39. The van der Waals surface area contributed by atoms with Gasteiger partial charge in [0.2, 0.25) is 5.91 Å². The van der Waals surface area contributed by atoms with Gasteiger partial charge in [0.05, 0.1) is 12.8 Å². The number of nitrogens with zero attached hydrogens (tertiary/aromatic N) is 1. The van der Waals surface area contributed by atoms with Gasteiger partial charge in [-0.2, -0.15) is 0 Å². The van der Waals surface area contributed by atoms with E-state index in [0.717, 1.165) is 29.2 Å². The van der Waals surface area contributed by atoms with Crippen LogP contribution in [0.15, 0.2) is 47.1 Å². The molecule has 2 atom stereocenters. The van der Waals surface area contributed by atoms with Crippen molar-refractivity contribution in [1.82, 2.24) is 15.8 Å². The first-order valence-corrected chi connectivity index (χ1v) is 8.68. The minimum absolute atomic E-state index is 0.0392. The standard InChI is InChI=1S/C18H20ClN3O2/c19-15-6-2-1-5-14(15)16-10-17(21-20-16)18(23)22(12-7-8-12)11-13-4-3-9-24-13/h1-6,9,12,16-17,20-21H,7-8,10-11H2. The lowest BCUT2D eigenvalue weighted by molar-refractivity contribution is -0.134. The number of hydrogen-bond donors (Lipinski definition) is 2. The van der Waals surface area contributed by atoms with Crippen LogP contribution >= 0.6 is 11.6 Å². The molecule has 1 aromatic carbocycles. The Morgan fingerprint density at radius 3 is 2.75 bits per heavy atom. The molecule has 1 aliphatic carbocycles. The van der Waals surface area contributed by atoms with Crippen molar-refractivity contribution in [2.75, 3.05) is 0 Å². The first-order valence-electron chi connectivity index (χ1n) is 8.30. The normalized spacial score (nSPS) is 23.4. The summed E-state index contributed by atoms with van der Waals surface area (Å²) in [5, 5.41) is 0.722. The lowest BCUT2D eigenvalue weighted by Crippen LogP contribution is -2.46. The topological polar surface area (TPSA) is 57.5 Å². The van der Waals surface area contributed by atoms with Gasteiger partial charge in [-0.25, -0.2) is 10.9 Å². The van der Waals surface area contributed by atoms with Gasteiger partial charge in [0.25, 0.3) is 0 Å². The zero-order chi connectivity index (χ0) is 16.5. The molecule has 1 saturated carbocycles. The minimum Gasteiger partial charge on any atom is -0.467 e. The summed E-state index contributed by atoms with van der Waals surface area (Å²) in [6, 6.07) is 11.6. The van der Waals surface area contributed by atoms with Gasteiger partial charge in [0.1, 0.15) is 11.8 Å². The van der Waals surface area contributed by atoms with E-state index in [1.54, 1.807) is 6.26 Å². The lowest BCUT2D eigenvalue weighted by Gasteiger charge is -2.24. The highest BCUT2D eigenvalue weighted by Crippen LogP contribution is 2.32. The summed E-state index contributed by atoms with van der Waals surface area (Å²) in [6.07, 6.45) is 4.47. The zero-order valence-corrected chi connectivity index (χ0v) is 14.0. The van der Waals surface area contributed by atoms with Gasteiger partial charge in [0, 0.05) is 17.1 Å². The number of hydrogen-bond acceptors (Lipinski definition) is 4. The highest BCUT2D eigenvalue weighted by atomic mass is 35.5. The highest BCUT2D eigenvalue weighted by molar-refractivity contribution is 6.31. The minimum atomic E-state index is -0.248. The maximum absolute atomic E-state index is 13.0. The molecule has 1 amide bonds. The molecule has 6 heteroatoms. The van der Waals surface area contributed by atoms with E-state index in [1.807, 2.05) is 41.3 Å². The van der Waals surface area contributed by atoms with Crippen molar-refractivity contribution >= 4 is 17.5 Å². The van der Waals surface area contributed by atoms with E-state index in [-0.39, 0.29) is 18.0 Å². The summed E-state index contributed by atoms with van der Waals surface area (Å²) >= 11 is 6.27. The first-order chi connectivity index (χ1) is 11.7. The lowest BCUT2D eigenvalue weighted by atomic mass is 10.0. The largest absolute Gasteiger partial charge is 0.467 e. The van der Waals surface area contributed by atoms with E-state index in [1.165, 1.54) is 0 Å². The van der Waals surface area contributed by atoms with Crippen LogP contribution < -0.4 is 10.9 Å². The monoisotopic (exact) mass is 345 g/mol. The van der Waals surface area contributed by atoms with Crippen LogP contribution in [-0.4, -0.2) is 22.9 Å². The van der Waals surface area contributed by atoms with Crippen molar-refractivity contribution in [3.05, 3.63) is 59.0 Å². The molecule has 0 spiro atoms. The number of halogens is 1. The molecule has 2 heterocycles. The van der Waals surface area contributed by atoms with Crippen LogP contribution in [0.5, 0.6) is 0 Å². The maximum atomic E-state index is 13.0. The molecule has 2 aliphatic rings. The van der Waals surface area contributed by atoms with Gasteiger partial charge in [-0.15, -0.1) is 0 Å². The number of nitrogens with one attached hydrogen (secondary N) is 2. The second-order valence-electron chi connectivity index (χ2n) is 6.43. The van der Waals surface area contributed by atoms with E-state index >= 15 is 0 Å². The Hall–Kier alpha value is -1.82. The molecule has 1 aliphatic heterocycles. The van der Waals surface area contributed by atoms with Crippen LogP contribution in [0.25, 0.3) is 0 Å². The molecule has 0 bridgehead atoms. The van der Waals surface area contributed by atoms with Crippen molar-refractivity contribution < 1.29 is 9.21 Å². The second kappa shape index (κ2) is 6.59. The first kappa shape index (κ1) is 15.7. The van der Waals surface area contributed by atoms with Gasteiger partial charge in [-0.1, -0.05) is 29.8 Å². The smallest absolute Gasteiger partial charge is 0.241 e. The third-order valence-corrected chi connectivity index (χ3v) is 5.00. The molecule has 2 unspecified atom stereocenters. The van der Waals surface area contributed by atoms with E-state index in [9.17, 15) is 4.79 Å². The fourth-order valence-electron chi connectivity index (χ4n) is 3.22. The molecule has 24 heavy (non-hydrogen) atoms. The van der Waals surface area contributed by atoms with Crippen molar-refractivity contribution in [3.8, 4) is 0 Å². The number of rotatable bonds is 5. The fraction of sp³-hybridized carbons (Fsp3) is 0.389. The Morgan fingerprint density at radius 1 is 1.21 bits per heavy atom. The SMILES string of the molecule is O=C(C1CC(c2ccccc2Cl)NN1)N(Cc1ccco1)C1CC1. The Bertz CT molecular complexity index is 715. The van der Waals surface area contributed by atoms with Crippen molar-refractivity contribution in [3.63, 3.8) is 0 Å². The summed E-state index contributed by atoms with van der Waals surface area (Å²) in [5.74, 6) is 0.944. The fourth-order valence-corrected chi connectivity index (χ4v) is 3.49. The number of carbonyl (C=O) groups is 1. The average Bonchev–Trinajstić information content (AvgIpc) is 3.10. The van der Waals surface area contributed by atoms with Crippen LogP contribution in [0.3, 0.4) is 0 Å². The molecule has 0 radical (unpaired) electrons. The summed E-state index contributed by atoms with van der Waals surface area (Å²) in [7, 11) is 0. The quantitative estimate of drug-likeness (QED) is 0.874. The molecule has 2 N–H and O–H groups in total. The predicted octanol–water partition coefficient (Wildman–Crippen LogP) is 3.03. The van der Waals surface area contributed by atoms with Crippen LogP contribution in [-0.2, 0) is 11.3 Å². The summed E-state index contributed by atoms with van der Waals surface area (Å²) in [4.78, 5) is 14.9. The Kier molecular flexibility index (Phi) is 4.31. The maximum Gasteiger partial charge on any atom is 0.241 e. The Balaban J connectivity index is 1.45. The summed E-state index contributed by atoms with van der Waals surface area (Å²) in [5.41, 5.74) is 7.38. The molecule has 2 aromatic rings. The van der Waals surface area contributed by atoms with Crippen molar-refractivity contribution in [2.45, 2.75) is 43.9 Å². The molecular formula is C18H20ClN3O2. The third kappa shape index (κ3) is 3.20. The van der Waals surface area contributed by atoms with Crippen LogP contribution in [0.2, 0.25) is 5.02 Å². The van der Waals surface area contributed by atoms with Crippen molar-refractivity contribution in [1.29, 1.82) is 0 Å². The second-order valence-corrected chi connectivity index (χ2v) is 6.83. The number of furan rings is 1. The van der Waals surface area contributed by atoms with Gasteiger partial charge in [0.15, 0.2) is 0 Å². The summed E-state index contributed by atoms with van der Waals surface area (Å²) < 4.78 is 5.41. The molecule has 5 nitrogen and oxygen atoms in total. The number of amides is 1. The molecule has 1 aromatic heterocycles. The average molecular weight is 346 g/mol. The van der Waals surface area contributed by atoms with Crippen LogP contribution in [0.1, 0.15) is 36.6 Å². The van der Waals surface area contributed by atoms with Gasteiger partial charge in [-0.3, -0.25) is 4.79 Å². The van der Waals surface area contributed by atoms with E-state index in [2.05, 4.69) is 10.9 Å². The zero-order valence-electron chi connectivity index (χ0n) is 13.2. The molecular weight excluding hydrogens is 326 g/mol. The number of carbonyl (C=O) groups excluding carboxylic acids is 1. The van der Waals surface area contributed by atoms with Crippen LogP contribution in [0.4, 0.5) is 0 Å². The van der Waals surface area contributed by atoms with Gasteiger partial charge in [-0.05, 0) is 43.0 Å². The van der Waals surface area contributed by atoms with E-state index < -0.39 is 0 Å². The molecule has 1 saturated heterocycles. The third-order valence-electron chi connectivity index (χ3n) is 4.66. The molecule has 2 fully saturated rings. The van der Waals surface area contributed by atoms with Crippen LogP contribution in [0, 0.1) is 0 Å². The Labute approximate surface area is 145 Å². The van der Waals surface area contributed by atoms with E-state index in [0.29, 0.717) is 19.0 Å². The van der Waals surface area contributed by atoms with Gasteiger partial charge < -0.3 is 9.32 Å². The van der Waals surface area contributed by atoms with E-state index in [4.69, 9.17) is 16.0 Å². The van der Waals surface area contributed by atoms with Crippen molar-refractivity contribution in [2.24, 2.45) is 0 Å². The molecule has 126 valence electrons. The number of benzene rings is 1. The molecule has 4 rings (SSSR count).